The second-order valence-electron chi connectivity index (χ2n) is 9.56. The van der Waals surface area contributed by atoms with Gasteiger partial charge in [0, 0.05) is 37.2 Å². The molecular formula is C28H42N8O3. The van der Waals surface area contributed by atoms with E-state index in [9.17, 15) is 9.90 Å². The van der Waals surface area contributed by atoms with Gasteiger partial charge in [-0.25, -0.2) is 0 Å². The zero-order chi connectivity index (χ0) is 28.0. The van der Waals surface area contributed by atoms with Gasteiger partial charge in [0.25, 0.3) is 0 Å². The maximum Gasteiger partial charge on any atom is 0.243 e. The molecular weight excluding hydrogens is 496 g/mol. The number of aliphatic imine (C=N–C) groups is 1. The van der Waals surface area contributed by atoms with Crippen LogP contribution in [0.25, 0.3) is 6.08 Å². The van der Waals surface area contributed by atoms with Crippen LogP contribution in [0.4, 0.5) is 0 Å². The van der Waals surface area contributed by atoms with Gasteiger partial charge in [-0.15, -0.1) is 0 Å². The lowest BCUT2D eigenvalue weighted by atomic mass is 9.90. The van der Waals surface area contributed by atoms with E-state index in [-0.39, 0.29) is 29.6 Å². The van der Waals surface area contributed by atoms with Gasteiger partial charge >= 0.3 is 0 Å². The van der Waals surface area contributed by atoms with E-state index in [0.717, 1.165) is 67.8 Å². The summed E-state index contributed by atoms with van der Waals surface area (Å²) in [6, 6.07) is 13.1. The number of nitrogens with two attached hydrogens (primary N) is 4. The number of nitrogens with zero attached hydrogens (tertiary/aromatic N) is 1. The minimum atomic E-state index is -0.493. The summed E-state index contributed by atoms with van der Waals surface area (Å²) in [5.74, 6) is 1.03. The molecule has 12 N–H and O–H groups in total. The number of unbranched alkanes of at least 4 members (excludes halogenated alkanes) is 2. The van der Waals surface area contributed by atoms with Gasteiger partial charge in [0.2, 0.25) is 5.91 Å². The zero-order valence-electron chi connectivity index (χ0n) is 22.3. The van der Waals surface area contributed by atoms with Gasteiger partial charge in [0.15, 0.2) is 5.96 Å². The van der Waals surface area contributed by atoms with E-state index in [0.29, 0.717) is 13.1 Å². The summed E-state index contributed by atoms with van der Waals surface area (Å²) in [7, 11) is 0. The third-order valence-corrected chi connectivity index (χ3v) is 6.40. The van der Waals surface area contributed by atoms with Crippen molar-refractivity contribution in [2.45, 2.75) is 44.0 Å². The number of benzene rings is 2. The maximum absolute atomic E-state index is 12.3. The minimum Gasteiger partial charge on any atom is -0.508 e. The molecule has 2 atom stereocenters. The van der Waals surface area contributed by atoms with Crippen LogP contribution < -0.4 is 43.6 Å². The Morgan fingerprint density at radius 1 is 1.03 bits per heavy atom. The quantitative estimate of drug-likeness (QED) is 0.0504. The highest BCUT2D eigenvalue weighted by Crippen LogP contribution is 2.46. The molecule has 0 aliphatic carbocycles. The first kappa shape index (κ1) is 29.9. The molecule has 2 aromatic rings. The summed E-state index contributed by atoms with van der Waals surface area (Å²) in [4.78, 5) is 16.2. The Morgan fingerprint density at radius 3 is 2.51 bits per heavy atom. The molecule has 212 valence electrons. The van der Waals surface area contributed by atoms with Crippen molar-refractivity contribution in [3.63, 3.8) is 0 Å². The molecule has 1 aliphatic rings. The molecule has 39 heavy (non-hydrogen) atoms. The summed E-state index contributed by atoms with van der Waals surface area (Å²) < 4.78 is 6.36. The van der Waals surface area contributed by atoms with Crippen LogP contribution >= 0.6 is 0 Å². The van der Waals surface area contributed by atoms with Crippen LogP contribution in [0, 0.1) is 0 Å². The average molecular weight is 539 g/mol. The van der Waals surface area contributed by atoms with E-state index >= 15 is 0 Å². The molecule has 0 spiro atoms. The van der Waals surface area contributed by atoms with Gasteiger partial charge in [-0.2, -0.15) is 0 Å². The SMILES string of the molecule is NC(N)=NCCCCNC(=O)/C=C/c1ccc2c(c1)C(CNCCCCNC(N)N)C(c1ccc(O)cc1)O2. The van der Waals surface area contributed by atoms with Crippen LogP contribution in [-0.4, -0.2) is 56.0 Å². The molecule has 2 aromatic carbocycles. The molecule has 0 radical (unpaired) electrons. The lowest BCUT2D eigenvalue weighted by Crippen LogP contribution is -2.45. The molecule has 0 fully saturated rings. The van der Waals surface area contributed by atoms with Gasteiger partial charge in [-0.3, -0.25) is 15.1 Å². The van der Waals surface area contributed by atoms with E-state index in [1.165, 1.54) is 0 Å². The molecule has 11 heteroatoms. The minimum absolute atomic E-state index is 0.0625. The van der Waals surface area contributed by atoms with Crippen LogP contribution in [0.2, 0.25) is 0 Å². The predicted octanol–water partition coefficient (Wildman–Crippen LogP) is 0.953. The van der Waals surface area contributed by atoms with Crippen molar-refractivity contribution in [2.24, 2.45) is 27.9 Å². The van der Waals surface area contributed by atoms with Crippen molar-refractivity contribution in [3.8, 4) is 11.5 Å². The van der Waals surface area contributed by atoms with Gasteiger partial charge in [0.1, 0.15) is 23.9 Å². The Morgan fingerprint density at radius 2 is 1.77 bits per heavy atom. The second-order valence-corrected chi connectivity index (χ2v) is 9.56. The number of hydrogen-bond acceptors (Lipinski definition) is 8. The summed E-state index contributed by atoms with van der Waals surface area (Å²) in [5, 5.41) is 19.2. The smallest absolute Gasteiger partial charge is 0.243 e. The van der Waals surface area contributed by atoms with E-state index in [1.54, 1.807) is 18.2 Å². The molecule has 11 nitrogen and oxygen atoms in total. The van der Waals surface area contributed by atoms with Crippen LogP contribution in [0.1, 0.15) is 54.4 Å². The number of carbonyl (C=O) groups is 1. The highest BCUT2D eigenvalue weighted by Gasteiger charge is 2.35. The number of nitrogens with one attached hydrogen (secondary N) is 3. The predicted molar refractivity (Wildman–Crippen MR) is 155 cm³/mol. The fraction of sp³-hybridized carbons (Fsp3) is 0.429. The first-order chi connectivity index (χ1) is 18.8. The highest BCUT2D eigenvalue weighted by atomic mass is 16.5. The Bertz CT molecular complexity index is 1100. The van der Waals surface area contributed by atoms with Crippen molar-refractivity contribution in [1.29, 1.82) is 0 Å². The largest absolute Gasteiger partial charge is 0.508 e. The first-order valence-electron chi connectivity index (χ1n) is 13.4. The number of amides is 1. The van der Waals surface area contributed by atoms with E-state index in [2.05, 4.69) is 27.0 Å². The zero-order valence-corrected chi connectivity index (χ0v) is 22.3. The third kappa shape index (κ3) is 10.2. The number of phenolic OH excluding ortho intramolecular Hbond substituents is 1. The number of phenols is 1. The van der Waals surface area contributed by atoms with Crippen LogP contribution in [0.15, 0.2) is 53.5 Å². The summed E-state index contributed by atoms with van der Waals surface area (Å²) >= 11 is 0. The van der Waals surface area contributed by atoms with Gasteiger partial charge in [-0.05, 0) is 80.2 Å². The number of guanidine groups is 1. The second kappa shape index (κ2) is 15.7. The van der Waals surface area contributed by atoms with Crippen LogP contribution in [0.3, 0.4) is 0 Å². The summed E-state index contributed by atoms with van der Waals surface area (Å²) in [5.41, 5.74) is 24.7. The lowest BCUT2D eigenvalue weighted by molar-refractivity contribution is -0.116. The van der Waals surface area contributed by atoms with Crippen LogP contribution in [-0.2, 0) is 4.79 Å². The van der Waals surface area contributed by atoms with Crippen molar-refractivity contribution in [2.75, 3.05) is 32.7 Å². The first-order valence-corrected chi connectivity index (χ1v) is 13.4. The van der Waals surface area contributed by atoms with Crippen LogP contribution in [0.5, 0.6) is 11.5 Å². The average Bonchev–Trinajstić information content (AvgIpc) is 3.26. The third-order valence-electron chi connectivity index (χ3n) is 6.40. The Hall–Kier alpha value is -3.64. The Kier molecular flexibility index (Phi) is 12.0. The fourth-order valence-electron chi connectivity index (χ4n) is 4.42. The van der Waals surface area contributed by atoms with Crippen molar-refractivity contribution in [1.82, 2.24) is 16.0 Å². The van der Waals surface area contributed by atoms with E-state index < -0.39 is 6.29 Å². The molecule has 2 unspecified atom stereocenters. The van der Waals surface area contributed by atoms with E-state index in [4.69, 9.17) is 27.7 Å². The maximum atomic E-state index is 12.3. The molecule has 0 bridgehead atoms. The molecule has 0 saturated heterocycles. The molecule has 0 aromatic heterocycles. The molecule has 3 rings (SSSR count). The molecule has 0 saturated carbocycles. The number of rotatable bonds is 16. The Balaban J connectivity index is 1.60. The van der Waals surface area contributed by atoms with Gasteiger partial charge in [-0.1, -0.05) is 18.2 Å². The van der Waals surface area contributed by atoms with Gasteiger partial charge < -0.3 is 43.4 Å². The number of fused-ring (bicyclic) bond motifs is 1. The molecule has 1 amide bonds. The normalized spacial score (nSPS) is 16.3. The molecule has 1 heterocycles. The number of hydrogen-bond donors (Lipinski definition) is 8. The Labute approximate surface area is 230 Å². The summed E-state index contributed by atoms with van der Waals surface area (Å²) in [6.45, 7) is 3.44. The molecule has 1 aliphatic heterocycles. The van der Waals surface area contributed by atoms with Crippen molar-refractivity contribution in [3.05, 3.63) is 65.2 Å². The van der Waals surface area contributed by atoms with Crippen molar-refractivity contribution < 1.29 is 14.6 Å². The number of carbonyl (C=O) groups excluding carboxylic acids is 1. The number of ether oxygens (including phenoxy) is 1. The monoisotopic (exact) mass is 538 g/mol. The summed E-state index contributed by atoms with van der Waals surface area (Å²) in [6.07, 6.45) is 6.20. The lowest BCUT2D eigenvalue weighted by Gasteiger charge is -2.20. The topological polar surface area (TPSA) is 199 Å². The number of aromatic hydroxyl groups is 1. The van der Waals surface area contributed by atoms with Gasteiger partial charge in [0.05, 0.1) is 0 Å². The highest BCUT2D eigenvalue weighted by molar-refractivity contribution is 5.91. The van der Waals surface area contributed by atoms with Crippen molar-refractivity contribution >= 4 is 17.9 Å². The standard InChI is InChI=1S/C28H42N8O3/c29-27(30)35-15-2-1-13-33-18-23-22-17-19(6-12-25(38)34-14-3-4-16-36-28(31)32)5-11-24(22)39-26(23)20-7-9-21(37)10-8-20/h5-12,17,23,26-27,33,35,37H,1-4,13-16,18,29-30H2,(H,34,38)(H4,31,32,36)/b12-6+. The van der Waals surface area contributed by atoms with E-state index in [1.807, 2.05) is 30.3 Å². The fourth-order valence-corrected chi connectivity index (χ4v) is 4.42.